The fraction of sp³-hybridized carbons (Fsp3) is 0.241. The van der Waals surface area contributed by atoms with Gasteiger partial charge in [0.15, 0.2) is 0 Å². The van der Waals surface area contributed by atoms with Crippen LogP contribution in [0.15, 0.2) is 66.9 Å². The highest BCUT2D eigenvalue weighted by Crippen LogP contribution is 2.32. The van der Waals surface area contributed by atoms with Crippen molar-refractivity contribution in [1.29, 1.82) is 0 Å². The van der Waals surface area contributed by atoms with Crippen molar-refractivity contribution in [3.63, 3.8) is 0 Å². The van der Waals surface area contributed by atoms with Gasteiger partial charge < -0.3 is 20.4 Å². The average molecular weight is 497 g/mol. The Morgan fingerprint density at radius 1 is 1.08 bits per heavy atom. The first-order chi connectivity index (χ1) is 17.9. The van der Waals surface area contributed by atoms with Crippen LogP contribution in [-0.4, -0.2) is 63.1 Å². The van der Waals surface area contributed by atoms with Crippen molar-refractivity contribution < 1.29 is 19.8 Å². The van der Waals surface area contributed by atoms with E-state index in [0.717, 1.165) is 24.9 Å². The molecule has 0 radical (unpaired) electrons. The number of rotatable bonds is 7. The second-order valence-corrected chi connectivity index (χ2v) is 9.41. The number of benzene rings is 2. The third-order valence-electron chi connectivity index (χ3n) is 6.67. The predicted molar refractivity (Wildman–Crippen MR) is 141 cm³/mol. The molecule has 0 saturated carbocycles. The van der Waals surface area contributed by atoms with E-state index in [1.54, 1.807) is 54.5 Å². The zero-order valence-corrected chi connectivity index (χ0v) is 20.5. The Bertz CT molecular complexity index is 1480. The largest absolute Gasteiger partial charge is 0.508 e. The van der Waals surface area contributed by atoms with E-state index in [-0.39, 0.29) is 24.1 Å². The highest BCUT2D eigenvalue weighted by atomic mass is 16.4. The van der Waals surface area contributed by atoms with Crippen LogP contribution in [-0.2, 0) is 11.2 Å². The molecule has 8 heteroatoms. The van der Waals surface area contributed by atoms with Crippen LogP contribution in [0.5, 0.6) is 5.75 Å². The Kier molecular flexibility index (Phi) is 6.83. The topological polar surface area (TPSA) is 116 Å². The number of phenols is 1. The molecule has 37 heavy (non-hydrogen) atoms. The van der Waals surface area contributed by atoms with Crippen molar-refractivity contribution in [2.75, 3.05) is 20.1 Å². The molecule has 3 N–H and O–H groups in total. The summed E-state index contributed by atoms with van der Waals surface area (Å²) in [5.74, 6) is -0.979. The molecular weight excluding hydrogens is 468 g/mol. The molecule has 1 saturated heterocycles. The van der Waals surface area contributed by atoms with Crippen molar-refractivity contribution in [2.45, 2.75) is 25.3 Å². The van der Waals surface area contributed by atoms with Gasteiger partial charge in [0.2, 0.25) is 0 Å². The summed E-state index contributed by atoms with van der Waals surface area (Å²) in [5.41, 5.74) is 4.70. The van der Waals surface area contributed by atoms with E-state index < -0.39 is 5.97 Å². The van der Waals surface area contributed by atoms with Gasteiger partial charge in [-0.25, -0.2) is 4.98 Å². The zero-order chi connectivity index (χ0) is 25.9. The number of aliphatic carboxylic acids is 1. The van der Waals surface area contributed by atoms with Crippen LogP contribution in [0.2, 0.25) is 0 Å². The molecular formula is C29H28N4O4. The maximum Gasteiger partial charge on any atom is 0.307 e. The molecule has 1 aliphatic rings. The molecule has 5 rings (SSSR count). The number of hydrogen-bond acceptors (Lipinski definition) is 6. The molecule has 0 bridgehead atoms. The first-order valence-corrected chi connectivity index (χ1v) is 12.3. The number of aromatic nitrogens is 2. The second-order valence-electron chi connectivity index (χ2n) is 9.41. The third kappa shape index (κ3) is 5.29. The standard InChI is InChI=1S/C29H28N4O4/c1-33(17-21-8-4-12-30-21)29(37)27-23(19-6-2-5-18(13-19)14-26(35)36)16-31-25-11-10-24(32-28(25)27)20-7-3-9-22(34)15-20/h2-3,5-7,9-11,13,15-16,21,30,34H,4,8,12,14,17H2,1H3,(H,35,36). The van der Waals surface area contributed by atoms with Crippen LogP contribution < -0.4 is 5.32 Å². The van der Waals surface area contributed by atoms with Crippen molar-refractivity contribution in [1.82, 2.24) is 20.2 Å². The zero-order valence-electron chi connectivity index (χ0n) is 20.5. The average Bonchev–Trinajstić information content (AvgIpc) is 3.40. The quantitative estimate of drug-likeness (QED) is 0.352. The number of nitrogens with one attached hydrogen (secondary N) is 1. The van der Waals surface area contributed by atoms with E-state index in [2.05, 4.69) is 10.3 Å². The first kappa shape index (κ1) is 24.4. The summed E-state index contributed by atoms with van der Waals surface area (Å²) in [7, 11) is 1.79. The lowest BCUT2D eigenvalue weighted by atomic mass is 9.96. The number of hydrogen-bond donors (Lipinski definition) is 3. The van der Waals surface area contributed by atoms with Gasteiger partial charge in [0.1, 0.15) is 11.3 Å². The summed E-state index contributed by atoms with van der Waals surface area (Å²) in [5, 5.41) is 22.7. The number of phenolic OH excluding ortho intramolecular Hbond substituents is 1. The Labute approximate surface area is 214 Å². The van der Waals surface area contributed by atoms with Gasteiger partial charge in [-0.1, -0.05) is 36.4 Å². The van der Waals surface area contributed by atoms with E-state index in [9.17, 15) is 19.8 Å². The van der Waals surface area contributed by atoms with E-state index in [1.165, 1.54) is 0 Å². The highest BCUT2D eigenvalue weighted by molar-refractivity contribution is 6.10. The Morgan fingerprint density at radius 3 is 2.65 bits per heavy atom. The van der Waals surface area contributed by atoms with E-state index in [4.69, 9.17) is 4.98 Å². The molecule has 1 aliphatic heterocycles. The number of carbonyl (C=O) groups is 2. The van der Waals surface area contributed by atoms with Gasteiger partial charge in [0.25, 0.3) is 5.91 Å². The maximum absolute atomic E-state index is 14.0. The van der Waals surface area contributed by atoms with Crippen molar-refractivity contribution in [3.05, 3.63) is 78.0 Å². The summed E-state index contributed by atoms with van der Waals surface area (Å²) >= 11 is 0. The molecule has 0 spiro atoms. The molecule has 3 heterocycles. The number of fused-ring (bicyclic) bond motifs is 1. The SMILES string of the molecule is CN(CC1CCCN1)C(=O)c1c(-c2cccc(CC(=O)O)c2)cnc2ccc(-c3cccc(O)c3)nc12. The van der Waals surface area contributed by atoms with Gasteiger partial charge >= 0.3 is 5.97 Å². The van der Waals surface area contributed by atoms with Gasteiger partial charge in [0.05, 0.1) is 23.2 Å². The van der Waals surface area contributed by atoms with Crippen LogP contribution in [0.4, 0.5) is 0 Å². The Hall–Kier alpha value is -4.30. The van der Waals surface area contributed by atoms with Crippen LogP contribution in [0, 0.1) is 0 Å². The molecule has 8 nitrogen and oxygen atoms in total. The van der Waals surface area contributed by atoms with Crippen molar-refractivity contribution in [3.8, 4) is 28.1 Å². The van der Waals surface area contributed by atoms with Crippen molar-refractivity contribution >= 4 is 22.9 Å². The minimum atomic E-state index is -0.925. The summed E-state index contributed by atoms with van der Waals surface area (Å²) in [6.45, 7) is 1.51. The normalized spacial score (nSPS) is 15.1. The van der Waals surface area contributed by atoms with Crippen LogP contribution >= 0.6 is 0 Å². The summed E-state index contributed by atoms with van der Waals surface area (Å²) < 4.78 is 0. The number of carbonyl (C=O) groups excluding carboxylic acids is 1. The maximum atomic E-state index is 14.0. The molecule has 2 aromatic heterocycles. The number of amides is 1. The highest BCUT2D eigenvalue weighted by Gasteiger charge is 2.25. The number of pyridine rings is 2. The summed E-state index contributed by atoms with van der Waals surface area (Å²) in [6.07, 6.45) is 3.64. The van der Waals surface area contributed by atoms with Crippen LogP contribution in [0.1, 0.15) is 28.8 Å². The minimum Gasteiger partial charge on any atom is -0.508 e. The fourth-order valence-corrected chi connectivity index (χ4v) is 4.87. The van der Waals surface area contributed by atoms with Gasteiger partial charge in [-0.15, -0.1) is 0 Å². The lowest BCUT2D eigenvalue weighted by Crippen LogP contribution is -2.39. The molecule has 4 aromatic rings. The monoisotopic (exact) mass is 496 g/mol. The van der Waals surface area contributed by atoms with E-state index >= 15 is 0 Å². The number of aromatic hydroxyl groups is 1. The molecule has 1 fully saturated rings. The smallest absolute Gasteiger partial charge is 0.307 e. The predicted octanol–water partition coefficient (Wildman–Crippen LogP) is 4.12. The number of nitrogens with zero attached hydrogens (tertiary/aromatic N) is 3. The third-order valence-corrected chi connectivity index (χ3v) is 6.67. The molecule has 188 valence electrons. The van der Waals surface area contributed by atoms with E-state index in [1.807, 2.05) is 24.3 Å². The lowest BCUT2D eigenvalue weighted by molar-refractivity contribution is -0.136. The van der Waals surface area contributed by atoms with Crippen molar-refractivity contribution in [2.24, 2.45) is 0 Å². The van der Waals surface area contributed by atoms with Crippen LogP contribution in [0.3, 0.4) is 0 Å². The lowest BCUT2D eigenvalue weighted by Gasteiger charge is -2.23. The minimum absolute atomic E-state index is 0.120. The van der Waals surface area contributed by atoms with Gasteiger partial charge in [-0.2, -0.15) is 0 Å². The summed E-state index contributed by atoms with van der Waals surface area (Å²) in [4.78, 5) is 36.5. The first-order valence-electron chi connectivity index (χ1n) is 12.3. The van der Waals surface area contributed by atoms with E-state index in [0.29, 0.717) is 45.5 Å². The Balaban J connectivity index is 1.67. The molecule has 0 aliphatic carbocycles. The van der Waals surface area contributed by atoms with Crippen LogP contribution in [0.25, 0.3) is 33.4 Å². The second kappa shape index (κ2) is 10.4. The van der Waals surface area contributed by atoms with Gasteiger partial charge in [0, 0.05) is 37.0 Å². The molecule has 1 amide bonds. The molecule has 2 aromatic carbocycles. The van der Waals surface area contributed by atoms with Gasteiger partial charge in [-0.3, -0.25) is 14.6 Å². The number of carboxylic acids is 1. The molecule has 1 unspecified atom stereocenters. The fourth-order valence-electron chi connectivity index (χ4n) is 4.87. The number of carboxylic acid groups (broad SMARTS) is 1. The number of likely N-dealkylation sites (N-methyl/N-ethyl adjacent to an activating group) is 1. The molecule has 1 atom stereocenters. The summed E-state index contributed by atoms with van der Waals surface area (Å²) in [6, 6.07) is 17.9. The van der Waals surface area contributed by atoms with Gasteiger partial charge in [-0.05, 0) is 54.8 Å². The Morgan fingerprint density at radius 2 is 1.89 bits per heavy atom.